The zero-order valence-electron chi connectivity index (χ0n) is 10.1. The van der Waals surface area contributed by atoms with Crippen molar-refractivity contribution in [1.29, 1.82) is 0 Å². The summed E-state index contributed by atoms with van der Waals surface area (Å²) in [6, 6.07) is 8.60. The van der Waals surface area contributed by atoms with Crippen molar-refractivity contribution in [3.8, 4) is 0 Å². The molecule has 3 aromatic rings. The largest absolute Gasteiger partial charge is 0.461 e. The molecule has 2 aromatic heterocycles. The maximum Gasteiger partial charge on any atom is 0.440 e. The van der Waals surface area contributed by atoms with Crippen LogP contribution >= 0.6 is 0 Å². The number of carbonyl (C=O) groups is 1. The maximum atomic E-state index is 11.8. The van der Waals surface area contributed by atoms with Gasteiger partial charge >= 0.3 is 11.7 Å². The zero-order chi connectivity index (χ0) is 13.4. The van der Waals surface area contributed by atoms with Crippen molar-refractivity contribution in [2.24, 2.45) is 0 Å². The average molecular weight is 258 g/mol. The van der Waals surface area contributed by atoms with Gasteiger partial charge in [-0.15, -0.1) is 0 Å². The maximum absolute atomic E-state index is 11.8. The van der Waals surface area contributed by atoms with Gasteiger partial charge in [-0.05, 0) is 25.1 Å². The van der Waals surface area contributed by atoms with Crippen LogP contribution in [0.3, 0.4) is 0 Å². The lowest BCUT2D eigenvalue weighted by Gasteiger charge is -1.97. The Morgan fingerprint density at radius 3 is 3.00 bits per heavy atom. The standard InChI is InChI=1S/C13H10N2O4/c1-2-18-12(16)9-7-10-8-5-3-4-6-11(8)19-13(17)15(10)14-9/h3-7H,2H2,1H3. The summed E-state index contributed by atoms with van der Waals surface area (Å²) in [5.74, 6) is -1.20. The van der Waals surface area contributed by atoms with Crippen LogP contribution in [0.5, 0.6) is 0 Å². The second-order valence-electron chi connectivity index (χ2n) is 3.91. The van der Waals surface area contributed by atoms with Crippen molar-refractivity contribution in [2.45, 2.75) is 6.92 Å². The molecule has 0 saturated carbocycles. The number of nitrogens with zero attached hydrogens (tertiary/aromatic N) is 2. The van der Waals surface area contributed by atoms with E-state index < -0.39 is 11.7 Å². The van der Waals surface area contributed by atoms with Crippen molar-refractivity contribution in [3.05, 3.63) is 46.6 Å². The van der Waals surface area contributed by atoms with Gasteiger partial charge in [0.25, 0.3) is 0 Å². The molecule has 6 nitrogen and oxygen atoms in total. The second kappa shape index (κ2) is 4.24. The molecule has 0 saturated heterocycles. The normalized spacial score (nSPS) is 11.0. The first-order valence-electron chi connectivity index (χ1n) is 5.79. The molecule has 0 unspecified atom stereocenters. The van der Waals surface area contributed by atoms with Gasteiger partial charge in [-0.1, -0.05) is 12.1 Å². The van der Waals surface area contributed by atoms with Gasteiger partial charge in [0.05, 0.1) is 12.1 Å². The number of fused-ring (bicyclic) bond motifs is 3. The number of hydrogen-bond acceptors (Lipinski definition) is 5. The van der Waals surface area contributed by atoms with Gasteiger partial charge in [0, 0.05) is 5.39 Å². The van der Waals surface area contributed by atoms with Crippen LogP contribution in [-0.4, -0.2) is 22.2 Å². The van der Waals surface area contributed by atoms with E-state index in [9.17, 15) is 9.59 Å². The quantitative estimate of drug-likeness (QED) is 0.653. The minimum absolute atomic E-state index is 0.0884. The minimum Gasteiger partial charge on any atom is -0.461 e. The number of benzene rings is 1. The van der Waals surface area contributed by atoms with E-state index >= 15 is 0 Å². The van der Waals surface area contributed by atoms with Crippen LogP contribution in [0.25, 0.3) is 16.5 Å². The zero-order valence-corrected chi connectivity index (χ0v) is 10.1. The summed E-state index contributed by atoms with van der Waals surface area (Å²) in [4.78, 5) is 23.4. The number of ether oxygens (including phenoxy) is 1. The lowest BCUT2D eigenvalue weighted by molar-refractivity contribution is 0.0519. The van der Waals surface area contributed by atoms with E-state index in [2.05, 4.69) is 5.10 Å². The van der Waals surface area contributed by atoms with Crippen LogP contribution in [0.4, 0.5) is 0 Å². The molecule has 6 heteroatoms. The summed E-state index contributed by atoms with van der Waals surface area (Å²) in [6.45, 7) is 1.96. The number of aromatic nitrogens is 2. The average Bonchev–Trinajstić information content (AvgIpc) is 2.85. The Kier molecular flexibility index (Phi) is 2.56. The number of carbonyl (C=O) groups excluding carboxylic acids is 1. The molecular formula is C13H10N2O4. The number of rotatable bonds is 2. The van der Waals surface area contributed by atoms with Crippen LogP contribution in [-0.2, 0) is 4.74 Å². The highest BCUT2D eigenvalue weighted by Gasteiger charge is 2.15. The summed E-state index contributed by atoms with van der Waals surface area (Å²) < 4.78 is 11.0. The molecule has 3 rings (SSSR count). The molecule has 0 N–H and O–H groups in total. The van der Waals surface area contributed by atoms with E-state index in [0.717, 1.165) is 4.52 Å². The second-order valence-corrected chi connectivity index (χ2v) is 3.91. The highest BCUT2D eigenvalue weighted by Crippen LogP contribution is 2.18. The molecule has 0 amide bonds. The molecule has 0 aliphatic heterocycles. The third kappa shape index (κ3) is 1.77. The fraction of sp³-hybridized carbons (Fsp3) is 0.154. The lowest BCUT2D eigenvalue weighted by Crippen LogP contribution is -2.13. The van der Waals surface area contributed by atoms with Crippen LogP contribution < -0.4 is 5.76 Å². The molecule has 19 heavy (non-hydrogen) atoms. The molecule has 0 bridgehead atoms. The van der Waals surface area contributed by atoms with E-state index in [1.807, 2.05) is 6.07 Å². The Bertz CT molecular complexity index is 831. The molecule has 0 fully saturated rings. The smallest absolute Gasteiger partial charge is 0.440 e. The third-order valence-electron chi connectivity index (χ3n) is 2.73. The Labute approximate surface area is 107 Å². The molecule has 0 aliphatic rings. The topological polar surface area (TPSA) is 73.8 Å². The Morgan fingerprint density at radius 2 is 2.21 bits per heavy atom. The summed E-state index contributed by atoms with van der Waals surface area (Å²) in [6.07, 6.45) is 0. The summed E-state index contributed by atoms with van der Waals surface area (Å²) in [7, 11) is 0. The molecule has 2 heterocycles. The van der Waals surface area contributed by atoms with E-state index in [1.54, 1.807) is 25.1 Å². The molecule has 0 atom stereocenters. The van der Waals surface area contributed by atoms with Crippen LogP contribution in [0.15, 0.2) is 39.5 Å². The monoisotopic (exact) mass is 258 g/mol. The van der Waals surface area contributed by atoms with E-state index in [0.29, 0.717) is 16.5 Å². The van der Waals surface area contributed by atoms with Gasteiger partial charge in [-0.25, -0.2) is 9.59 Å². The minimum atomic E-state index is -0.635. The highest BCUT2D eigenvalue weighted by atomic mass is 16.5. The first-order chi connectivity index (χ1) is 9.20. The highest BCUT2D eigenvalue weighted by molar-refractivity contribution is 5.96. The van der Waals surface area contributed by atoms with Crippen molar-refractivity contribution in [2.75, 3.05) is 6.61 Å². The summed E-state index contributed by atoms with van der Waals surface area (Å²) in [5.41, 5.74) is 1.07. The van der Waals surface area contributed by atoms with E-state index in [4.69, 9.17) is 9.15 Å². The van der Waals surface area contributed by atoms with Gasteiger partial charge in [0.15, 0.2) is 5.69 Å². The van der Waals surface area contributed by atoms with Gasteiger partial charge < -0.3 is 9.15 Å². The fourth-order valence-electron chi connectivity index (χ4n) is 1.92. The van der Waals surface area contributed by atoms with E-state index in [1.165, 1.54) is 6.07 Å². The first-order valence-corrected chi connectivity index (χ1v) is 5.79. The molecule has 0 spiro atoms. The predicted molar refractivity (Wildman–Crippen MR) is 67.2 cm³/mol. The van der Waals surface area contributed by atoms with Gasteiger partial charge in [-0.3, -0.25) is 0 Å². The SMILES string of the molecule is CCOC(=O)c1cc2c3ccccc3oc(=O)n2n1. The molecule has 0 radical (unpaired) electrons. The first kappa shape index (κ1) is 11.5. The van der Waals surface area contributed by atoms with Crippen LogP contribution in [0.1, 0.15) is 17.4 Å². The van der Waals surface area contributed by atoms with Crippen molar-refractivity contribution in [1.82, 2.24) is 9.61 Å². The number of hydrogen-bond donors (Lipinski definition) is 0. The molecular weight excluding hydrogens is 248 g/mol. The lowest BCUT2D eigenvalue weighted by atomic mass is 10.2. The molecule has 96 valence electrons. The Hall–Kier alpha value is -2.63. The Balaban J connectivity index is 2.32. The van der Waals surface area contributed by atoms with Gasteiger partial charge in [0.2, 0.25) is 0 Å². The number of para-hydroxylation sites is 1. The van der Waals surface area contributed by atoms with E-state index in [-0.39, 0.29) is 12.3 Å². The third-order valence-corrected chi connectivity index (χ3v) is 2.73. The van der Waals surface area contributed by atoms with Crippen LogP contribution in [0.2, 0.25) is 0 Å². The Morgan fingerprint density at radius 1 is 1.42 bits per heavy atom. The van der Waals surface area contributed by atoms with Crippen molar-refractivity contribution >= 4 is 22.5 Å². The van der Waals surface area contributed by atoms with Crippen molar-refractivity contribution in [3.63, 3.8) is 0 Å². The van der Waals surface area contributed by atoms with Crippen LogP contribution in [0, 0.1) is 0 Å². The summed E-state index contributed by atoms with van der Waals surface area (Å²) in [5, 5.41) is 4.63. The fourth-order valence-corrected chi connectivity index (χ4v) is 1.92. The van der Waals surface area contributed by atoms with Crippen molar-refractivity contribution < 1.29 is 13.9 Å². The van der Waals surface area contributed by atoms with Gasteiger partial charge in [-0.2, -0.15) is 9.61 Å². The molecule has 1 aromatic carbocycles. The number of esters is 1. The molecule has 0 aliphatic carbocycles. The predicted octanol–water partition coefficient (Wildman–Crippen LogP) is 1.62. The van der Waals surface area contributed by atoms with Gasteiger partial charge in [0.1, 0.15) is 5.58 Å². The summed E-state index contributed by atoms with van der Waals surface area (Å²) >= 11 is 0.